The average Bonchev–Trinajstić information content (AvgIpc) is 2.33. The number of hydrogen-bond acceptors (Lipinski definition) is 4. The van der Waals surface area contributed by atoms with Crippen molar-refractivity contribution in [1.29, 1.82) is 0 Å². The Morgan fingerprint density at radius 1 is 0.957 bits per heavy atom. The highest BCUT2D eigenvalue weighted by Gasteiger charge is 2.38. The molecule has 0 aromatic rings. The quantitative estimate of drug-likeness (QED) is 0.773. The van der Waals surface area contributed by atoms with E-state index < -0.39 is 17.0 Å². The number of alkyl carbamates (subject to hydrolysis) is 1. The van der Waals surface area contributed by atoms with Crippen LogP contribution < -0.4 is 5.32 Å². The first-order valence-corrected chi connectivity index (χ1v) is 8.11. The van der Waals surface area contributed by atoms with E-state index >= 15 is 0 Å². The number of hydrogen-bond donors (Lipinski definition) is 1. The number of amides is 1. The van der Waals surface area contributed by atoms with Crippen molar-refractivity contribution < 1.29 is 19.1 Å². The molecule has 0 heterocycles. The Labute approximate surface area is 140 Å². The van der Waals surface area contributed by atoms with E-state index in [-0.39, 0.29) is 35.9 Å². The van der Waals surface area contributed by atoms with Crippen LogP contribution >= 0.6 is 0 Å². The molecule has 0 radical (unpaired) electrons. The molecule has 0 rings (SSSR count). The Hall–Kier alpha value is -1.39. The molecule has 5 nitrogen and oxygen atoms in total. The molecule has 0 saturated heterocycles. The number of ketones is 2. The van der Waals surface area contributed by atoms with Crippen LogP contribution in [0.25, 0.3) is 0 Å². The van der Waals surface area contributed by atoms with Crippen molar-refractivity contribution in [3.63, 3.8) is 0 Å². The van der Waals surface area contributed by atoms with Crippen LogP contribution in [0.1, 0.15) is 68.7 Å². The van der Waals surface area contributed by atoms with Crippen LogP contribution in [0.3, 0.4) is 0 Å². The minimum Gasteiger partial charge on any atom is -0.449 e. The molecular weight excluding hydrogens is 294 g/mol. The van der Waals surface area contributed by atoms with Gasteiger partial charge < -0.3 is 10.1 Å². The lowest BCUT2D eigenvalue weighted by Crippen LogP contribution is -2.52. The van der Waals surface area contributed by atoms with Gasteiger partial charge in [-0.1, -0.05) is 48.5 Å². The van der Waals surface area contributed by atoms with Gasteiger partial charge in [0.05, 0.1) is 12.1 Å². The summed E-state index contributed by atoms with van der Waals surface area (Å²) in [5, 5.41) is 2.60. The number of Topliss-reactive ketones (excluding diaryl/α,β-unsaturated/α-hetero) is 2. The SMILES string of the molecule is CC(C)C(=O)C(C)(C)CC(=O)C(C)(C)NC(=O)OCC(C)(C)C. The zero-order chi connectivity index (χ0) is 18.6. The van der Waals surface area contributed by atoms with Crippen molar-refractivity contribution in [2.75, 3.05) is 6.61 Å². The van der Waals surface area contributed by atoms with Gasteiger partial charge in [-0.25, -0.2) is 4.79 Å². The number of rotatable bonds is 7. The van der Waals surface area contributed by atoms with Gasteiger partial charge in [0, 0.05) is 17.8 Å². The monoisotopic (exact) mass is 327 g/mol. The zero-order valence-corrected chi connectivity index (χ0v) is 16.1. The maximum atomic E-state index is 12.5. The Balaban J connectivity index is 4.79. The van der Waals surface area contributed by atoms with E-state index in [4.69, 9.17) is 4.74 Å². The number of nitrogens with one attached hydrogen (secondary N) is 1. The molecule has 0 aliphatic carbocycles. The summed E-state index contributed by atoms with van der Waals surface area (Å²) in [5.41, 5.74) is -1.97. The average molecular weight is 327 g/mol. The van der Waals surface area contributed by atoms with Crippen LogP contribution in [-0.2, 0) is 14.3 Å². The topological polar surface area (TPSA) is 72.5 Å². The predicted molar refractivity (Wildman–Crippen MR) is 91.3 cm³/mol. The lowest BCUT2D eigenvalue weighted by molar-refractivity contribution is -0.136. The van der Waals surface area contributed by atoms with Gasteiger partial charge in [0.1, 0.15) is 5.78 Å². The smallest absolute Gasteiger partial charge is 0.407 e. The molecule has 1 N–H and O–H groups in total. The van der Waals surface area contributed by atoms with Crippen molar-refractivity contribution in [1.82, 2.24) is 5.32 Å². The molecule has 0 bridgehead atoms. The number of carbonyl (C=O) groups is 3. The number of ether oxygens (including phenoxy) is 1. The molecular formula is C18H33NO4. The molecule has 0 aromatic heterocycles. The Kier molecular flexibility index (Phi) is 7.00. The first kappa shape index (κ1) is 21.6. The van der Waals surface area contributed by atoms with Gasteiger partial charge in [0.2, 0.25) is 0 Å². The normalized spacial score (nSPS) is 13.0. The second-order valence-corrected chi connectivity index (χ2v) is 8.89. The fourth-order valence-corrected chi connectivity index (χ4v) is 2.13. The van der Waals surface area contributed by atoms with E-state index in [0.29, 0.717) is 0 Å². The summed E-state index contributed by atoms with van der Waals surface area (Å²) >= 11 is 0. The summed E-state index contributed by atoms with van der Waals surface area (Å²) in [6, 6.07) is 0. The van der Waals surface area contributed by atoms with Crippen molar-refractivity contribution in [2.24, 2.45) is 16.7 Å². The molecule has 1 amide bonds. The molecule has 0 unspecified atom stereocenters. The van der Waals surface area contributed by atoms with Crippen molar-refractivity contribution in [2.45, 2.75) is 74.3 Å². The molecule has 0 saturated carbocycles. The van der Waals surface area contributed by atoms with Gasteiger partial charge in [0.15, 0.2) is 5.78 Å². The standard InChI is InChI=1S/C18H33NO4/c1-12(2)14(21)17(6,7)10-13(20)18(8,9)19-15(22)23-11-16(3,4)5/h12H,10-11H2,1-9H3,(H,19,22). The van der Waals surface area contributed by atoms with Gasteiger partial charge in [-0.05, 0) is 19.3 Å². The first-order valence-electron chi connectivity index (χ1n) is 8.11. The van der Waals surface area contributed by atoms with Gasteiger partial charge in [0.25, 0.3) is 0 Å². The van der Waals surface area contributed by atoms with Crippen LogP contribution in [0, 0.1) is 16.7 Å². The largest absolute Gasteiger partial charge is 0.449 e. The summed E-state index contributed by atoms with van der Waals surface area (Å²) in [7, 11) is 0. The highest BCUT2D eigenvalue weighted by Crippen LogP contribution is 2.28. The lowest BCUT2D eigenvalue weighted by Gasteiger charge is -2.31. The van der Waals surface area contributed by atoms with Crippen LogP contribution in [0.2, 0.25) is 0 Å². The van der Waals surface area contributed by atoms with E-state index in [0.717, 1.165) is 0 Å². The fraction of sp³-hybridized carbons (Fsp3) is 0.833. The van der Waals surface area contributed by atoms with E-state index in [2.05, 4.69) is 5.32 Å². The molecule has 5 heteroatoms. The van der Waals surface area contributed by atoms with Crippen LogP contribution in [0.5, 0.6) is 0 Å². The van der Waals surface area contributed by atoms with Crippen molar-refractivity contribution in [3.8, 4) is 0 Å². The minimum atomic E-state index is -1.08. The van der Waals surface area contributed by atoms with Crippen molar-refractivity contribution >= 4 is 17.7 Å². The molecule has 0 atom stereocenters. The Bertz CT molecular complexity index is 456. The summed E-state index contributed by atoms with van der Waals surface area (Å²) in [5.74, 6) is -0.285. The minimum absolute atomic E-state index is 0.0389. The van der Waals surface area contributed by atoms with Crippen molar-refractivity contribution in [3.05, 3.63) is 0 Å². The molecule has 0 aliphatic heterocycles. The van der Waals surface area contributed by atoms with Crippen LogP contribution in [0.4, 0.5) is 4.79 Å². The third kappa shape index (κ3) is 7.62. The summed E-state index contributed by atoms with van der Waals surface area (Å²) in [6.07, 6.45) is -0.539. The Morgan fingerprint density at radius 2 is 1.43 bits per heavy atom. The van der Waals surface area contributed by atoms with E-state index in [9.17, 15) is 14.4 Å². The van der Waals surface area contributed by atoms with E-state index in [1.807, 2.05) is 34.6 Å². The molecule has 23 heavy (non-hydrogen) atoms. The summed E-state index contributed by atoms with van der Waals surface area (Å²) in [6.45, 7) is 16.6. The maximum absolute atomic E-state index is 12.5. The van der Waals surface area contributed by atoms with Crippen LogP contribution in [0.15, 0.2) is 0 Å². The van der Waals surface area contributed by atoms with Gasteiger partial charge in [-0.3, -0.25) is 9.59 Å². The second-order valence-electron chi connectivity index (χ2n) is 8.89. The lowest BCUT2D eigenvalue weighted by atomic mass is 9.76. The predicted octanol–water partition coefficient (Wildman–Crippen LogP) is 3.75. The molecule has 0 aliphatic rings. The zero-order valence-electron chi connectivity index (χ0n) is 16.1. The van der Waals surface area contributed by atoms with Gasteiger partial charge in [-0.2, -0.15) is 0 Å². The summed E-state index contributed by atoms with van der Waals surface area (Å²) in [4.78, 5) is 36.6. The molecule has 0 aromatic carbocycles. The van der Waals surface area contributed by atoms with E-state index in [1.165, 1.54) is 0 Å². The first-order chi connectivity index (χ1) is 10.1. The molecule has 134 valence electrons. The highest BCUT2D eigenvalue weighted by molar-refractivity contribution is 5.96. The summed E-state index contributed by atoms with van der Waals surface area (Å²) < 4.78 is 5.14. The fourth-order valence-electron chi connectivity index (χ4n) is 2.13. The van der Waals surface area contributed by atoms with Gasteiger partial charge in [-0.15, -0.1) is 0 Å². The van der Waals surface area contributed by atoms with Crippen LogP contribution in [-0.4, -0.2) is 29.8 Å². The Morgan fingerprint density at radius 3 is 1.83 bits per heavy atom. The maximum Gasteiger partial charge on any atom is 0.407 e. The third-order valence-corrected chi connectivity index (χ3v) is 3.54. The second kappa shape index (κ2) is 7.45. The highest BCUT2D eigenvalue weighted by atomic mass is 16.5. The van der Waals surface area contributed by atoms with Gasteiger partial charge >= 0.3 is 6.09 Å². The number of carbonyl (C=O) groups excluding carboxylic acids is 3. The van der Waals surface area contributed by atoms with E-state index in [1.54, 1.807) is 27.7 Å². The molecule has 0 spiro atoms. The third-order valence-electron chi connectivity index (χ3n) is 3.54. The molecule has 0 fully saturated rings.